The third-order valence-corrected chi connectivity index (χ3v) is 19.3. The molecule has 31 heteroatoms. The Bertz CT molecular complexity index is 3850. The van der Waals surface area contributed by atoms with E-state index in [0.29, 0.717) is 113 Å². The molecule has 0 aromatic heterocycles. The second-order valence-corrected chi connectivity index (χ2v) is 30.2. The SMILES string of the molecule is CC(C)[C@H](NC(=O)CCCCCC(=O)ON1C(=O)CCC1=O)C(=O)C[C@@H](CCCNC(N)=O)C(=O)Nc1ccc(COCC(=O)CCCCCCC(=O)Nc2ccccc2)cc1.CCOC(=O)CCCCCC(=O)N[C@H](C(=O)C[C@@H](CCCNC(N)=O)C(=O)Nc1ccc(COCC(=O)CCCCCCC(=O)Nc2ccccc2)cc1)C(C)C. The molecule has 119 heavy (non-hydrogen) atoms. The highest BCUT2D eigenvalue weighted by Crippen LogP contribution is 2.24. The molecule has 31 nitrogen and oxygen atoms in total. The number of imide groups is 1. The highest BCUT2D eigenvalue weighted by atomic mass is 16.7. The van der Waals surface area contributed by atoms with E-state index in [9.17, 15) is 76.7 Å². The Balaban J connectivity index is 0.000000502. The topological polar surface area (TPSA) is 462 Å². The Labute approximate surface area is 698 Å². The van der Waals surface area contributed by atoms with E-state index in [1.165, 1.54) is 0 Å². The van der Waals surface area contributed by atoms with Gasteiger partial charge < -0.3 is 73.0 Å². The molecule has 1 aliphatic heterocycles. The summed E-state index contributed by atoms with van der Waals surface area (Å²) >= 11 is 0. The van der Waals surface area contributed by atoms with Crippen molar-refractivity contribution in [3.05, 3.63) is 120 Å². The number of benzene rings is 4. The maximum absolute atomic E-state index is 13.6. The van der Waals surface area contributed by atoms with Gasteiger partial charge in [0.15, 0.2) is 23.1 Å². The summed E-state index contributed by atoms with van der Waals surface area (Å²) in [6, 6.07) is 29.5. The molecule has 0 unspecified atom stereocenters. The number of primary amides is 2. The number of urea groups is 2. The monoisotopic (exact) mass is 1660 g/mol. The van der Waals surface area contributed by atoms with Crippen LogP contribution in [0.3, 0.4) is 0 Å². The predicted molar refractivity (Wildman–Crippen MR) is 448 cm³/mol. The first-order valence-corrected chi connectivity index (χ1v) is 41.7. The molecule has 0 bridgehead atoms. The molecule has 4 aromatic rings. The van der Waals surface area contributed by atoms with Gasteiger partial charge in [-0.3, -0.25) is 62.3 Å². The third kappa shape index (κ3) is 45.5. The number of amides is 12. The highest BCUT2D eigenvalue weighted by Gasteiger charge is 2.34. The number of rotatable bonds is 60. The lowest BCUT2D eigenvalue weighted by molar-refractivity contribution is -0.197. The molecule has 1 saturated heterocycles. The standard InChI is InChI=1S/C45H62N6O11.C43H63N5O9/c1-31(2)43(50-39(55)19-11-6-12-20-42(58)62-51-40(56)25-26-41(51)57)37(53)28-33(14-13-27-47-45(46)60)44(59)49-35-23-21-32(22-24-35)29-61-30-36(52)17-9-3-4-10-18-38(54)48-34-15-7-5-8-16-34;1-4-57-40(53)22-14-8-13-21-39(52)48-41(31(2)3)37(50)28-33(16-15-27-45-43(44)55)42(54)47-35-25-23-32(24-26-35)29-56-30-36(49)19-11-5-6-12-20-38(51)46-34-17-9-7-10-18-34/h5,7-8,15-16,21-24,31,33,43H,3-4,6,9-14,17-20,25-30H2,1-2H3,(H,48,54)(H,49,59)(H,50,55)(H3,46,47,60);7,9-10,17-18,23-26,31,33,41H,4-6,8,11-16,19-22,27-30H2,1-3H3,(H,46,51)(H,47,54)(H,48,52)(H3,44,45,55)/t33-,43+;33-,41+/m11/s1. The van der Waals surface area contributed by atoms with Crippen molar-refractivity contribution in [1.29, 1.82) is 0 Å². The van der Waals surface area contributed by atoms with Crippen molar-refractivity contribution < 1.29 is 95.8 Å². The van der Waals surface area contributed by atoms with Crippen LogP contribution >= 0.6 is 0 Å². The van der Waals surface area contributed by atoms with Crippen LogP contribution in [0.2, 0.25) is 0 Å². The summed E-state index contributed by atoms with van der Waals surface area (Å²) in [6.45, 7) is 10.1. The molecule has 0 aliphatic carbocycles. The van der Waals surface area contributed by atoms with Crippen molar-refractivity contribution in [1.82, 2.24) is 26.3 Å². The Morgan fingerprint density at radius 2 is 0.731 bits per heavy atom. The number of Topliss-reactive ketones (excluding diaryl/α,β-unsaturated/α-hetero) is 4. The summed E-state index contributed by atoms with van der Waals surface area (Å²) in [6.07, 6.45) is 12.8. The predicted octanol–water partition coefficient (Wildman–Crippen LogP) is 11.8. The maximum Gasteiger partial charge on any atom is 0.333 e. The van der Waals surface area contributed by atoms with Crippen LogP contribution in [0.4, 0.5) is 32.3 Å². The molecule has 4 aromatic carbocycles. The Kier molecular flexibility index (Phi) is 49.5. The van der Waals surface area contributed by atoms with Crippen molar-refractivity contribution in [3.63, 3.8) is 0 Å². The largest absolute Gasteiger partial charge is 0.466 e. The number of nitrogens with one attached hydrogen (secondary N) is 8. The molecule has 4 atom stereocenters. The molecule has 12 amide bonds. The fourth-order valence-electron chi connectivity index (χ4n) is 12.7. The van der Waals surface area contributed by atoms with Gasteiger partial charge in [0.2, 0.25) is 35.4 Å². The van der Waals surface area contributed by atoms with Gasteiger partial charge in [0.25, 0.3) is 11.8 Å². The van der Waals surface area contributed by atoms with E-state index >= 15 is 0 Å². The van der Waals surface area contributed by atoms with Crippen LogP contribution in [0.1, 0.15) is 238 Å². The molecule has 1 fully saturated rings. The summed E-state index contributed by atoms with van der Waals surface area (Å²) in [7, 11) is 0. The third-order valence-electron chi connectivity index (χ3n) is 19.3. The molecule has 652 valence electrons. The minimum absolute atomic E-state index is 0.00654. The van der Waals surface area contributed by atoms with Gasteiger partial charge in [-0.25, -0.2) is 14.4 Å². The second kappa shape index (κ2) is 58.7. The Hall–Kier alpha value is -11.1. The molecule has 0 radical (unpaired) electrons. The lowest BCUT2D eigenvalue weighted by atomic mass is 9.89. The second-order valence-electron chi connectivity index (χ2n) is 30.2. The van der Waals surface area contributed by atoms with Crippen LogP contribution in [0, 0.1) is 23.7 Å². The average molecular weight is 1660 g/mol. The number of carbonyl (C=O) groups is 16. The molecular weight excluding hydrogens is 1530 g/mol. The summed E-state index contributed by atoms with van der Waals surface area (Å²) < 4.78 is 16.2. The first-order valence-electron chi connectivity index (χ1n) is 41.7. The first-order chi connectivity index (χ1) is 57.1. The zero-order chi connectivity index (χ0) is 87.1. The number of hydrogen-bond donors (Lipinski definition) is 10. The van der Waals surface area contributed by atoms with Crippen molar-refractivity contribution in [2.75, 3.05) is 54.2 Å². The number of hydroxylamine groups is 2. The van der Waals surface area contributed by atoms with E-state index < -0.39 is 59.7 Å². The number of nitrogens with two attached hydrogens (primary N) is 2. The fraction of sp³-hybridized carbons (Fsp3) is 0.545. The lowest BCUT2D eigenvalue weighted by Crippen LogP contribution is -2.45. The number of unbranched alkanes of at least 4 members (excludes halogenated alkanes) is 10. The first kappa shape index (κ1) is 100. The Morgan fingerprint density at radius 3 is 1.09 bits per heavy atom. The summed E-state index contributed by atoms with van der Waals surface area (Å²) in [4.78, 5) is 203. The number of para-hydroxylation sites is 2. The van der Waals surface area contributed by atoms with Gasteiger partial charge in [0, 0.05) is 125 Å². The van der Waals surface area contributed by atoms with Crippen LogP contribution in [-0.4, -0.2) is 144 Å². The number of ether oxygens (including phenoxy) is 3. The molecule has 5 rings (SSSR count). The van der Waals surface area contributed by atoms with Crippen LogP contribution in [0.5, 0.6) is 0 Å². The lowest BCUT2D eigenvalue weighted by Gasteiger charge is -2.24. The smallest absolute Gasteiger partial charge is 0.333 e. The average Bonchev–Trinajstić information content (AvgIpc) is 1.84. The molecule has 12 N–H and O–H groups in total. The normalized spacial score (nSPS) is 12.6. The van der Waals surface area contributed by atoms with Crippen molar-refractivity contribution in [2.45, 2.75) is 253 Å². The van der Waals surface area contributed by atoms with Crippen molar-refractivity contribution in [3.8, 4) is 0 Å². The van der Waals surface area contributed by atoms with Gasteiger partial charge in [-0.1, -0.05) is 127 Å². The number of nitrogens with zero attached hydrogens (tertiary/aromatic N) is 1. The van der Waals surface area contributed by atoms with Gasteiger partial charge in [-0.15, -0.1) is 5.06 Å². The van der Waals surface area contributed by atoms with Crippen LogP contribution in [0.25, 0.3) is 0 Å². The van der Waals surface area contributed by atoms with Crippen LogP contribution in [0.15, 0.2) is 109 Å². The van der Waals surface area contributed by atoms with Gasteiger partial charge >= 0.3 is 24.0 Å². The van der Waals surface area contributed by atoms with Gasteiger partial charge in [0.05, 0.1) is 31.9 Å². The number of ketones is 4. The minimum Gasteiger partial charge on any atom is -0.466 e. The number of anilines is 4. The fourth-order valence-corrected chi connectivity index (χ4v) is 12.7. The van der Waals surface area contributed by atoms with E-state index in [1.807, 2.05) is 74.5 Å². The molecule has 1 heterocycles. The van der Waals surface area contributed by atoms with Crippen LogP contribution < -0.4 is 54.0 Å². The zero-order valence-electron chi connectivity index (χ0n) is 69.8. The molecular formula is C88H125N11O20. The minimum atomic E-state index is -0.858. The van der Waals surface area contributed by atoms with E-state index in [0.717, 1.165) is 73.9 Å². The van der Waals surface area contributed by atoms with E-state index in [1.54, 1.807) is 69.3 Å². The quantitative estimate of drug-likeness (QED) is 0.0111. The number of carbonyl (C=O) groups excluding carboxylic acids is 16. The van der Waals surface area contributed by atoms with Gasteiger partial charge in [-0.05, 0) is 155 Å². The maximum atomic E-state index is 13.6. The van der Waals surface area contributed by atoms with E-state index in [2.05, 4.69) is 42.5 Å². The van der Waals surface area contributed by atoms with Crippen molar-refractivity contribution in [2.24, 2.45) is 35.1 Å². The summed E-state index contributed by atoms with van der Waals surface area (Å²) in [5.41, 5.74) is 14.5. The van der Waals surface area contributed by atoms with Crippen LogP contribution in [-0.2, 0) is 99.4 Å². The van der Waals surface area contributed by atoms with Gasteiger partial charge in [0.1, 0.15) is 13.2 Å². The zero-order valence-corrected chi connectivity index (χ0v) is 69.8. The summed E-state index contributed by atoms with van der Waals surface area (Å²) in [5.74, 6) is -6.14. The summed E-state index contributed by atoms with van der Waals surface area (Å²) in [5, 5.41) is 22.6. The molecule has 0 spiro atoms. The van der Waals surface area contributed by atoms with E-state index in [-0.39, 0.29) is 161 Å². The highest BCUT2D eigenvalue weighted by molar-refractivity contribution is 6.02. The number of esters is 1. The number of hydrogen-bond acceptors (Lipinski definition) is 20. The molecule has 0 saturated carbocycles. The molecule has 1 aliphatic rings. The Morgan fingerprint density at radius 1 is 0.395 bits per heavy atom. The van der Waals surface area contributed by atoms with E-state index in [4.69, 9.17) is 30.5 Å². The van der Waals surface area contributed by atoms with Crippen molar-refractivity contribution >= 4 is 117 Å². The van der Waals surface area contributed by atoms with Gasteiger partial charge in [-0.2, -0.15) is 0 Å².